The highest BCUT2D eigenvalue weighted by Crippen LogP contribution is 2.25. The SMILES string of the molecule is NCC1CCN(c2ccc3ccc(=O)[nH]c3c2)C1. The van der Waals surface area contributed by atoms with Gasteiger partial charge in [0.15, 0.2) is 0 Å². The van der Waals surface area contributed by atoms with Crippen molar-refractivity contribution in [2.24, 2.45) is 11.7 Å². The summed E-state index contributed by atoms with van der Waals surface area (Å²) in [4.78, 5) is 16.5. The zero-order chi connectivity index (χ0) is 12.5. The van der Waals surface area contributed by atoms with Crippen molar-refractivity contribution in [3.8, 4) is 0 Å². The summed E-state index contributed by atoms with van der Waals surface area (Å²) in [6, 6.07) is 9.62. The number of aromatic amines is 1. The van der Waals surface area contributed by atoms with Crippen LogP contribution in [-0.2, 0) is 0 Å². The van der Waals surface area contributed by atoms with Crippen molar-refractivity contribution in [1.29, 1.82) is 0 Å². The third-order valence-electron chi connectivity index (χ3n) is 3.69. The summed E-state index contributed by atoms with van der Waals surface area (Å²) < 4.78 is 0. The van der Waals surface area contributed by atoms with Crippen LogP contribution in [0.2, 0.25) is 0 Å². The number of rotatable bonds is 2. The molecule has 4 heteroatoms. The Morgan fingerprint density at radius 3 is 2.94 bits per heavy atom. The number of hydrogen-bond acceptors (Lipinski definition) is 3. The molecule has 3 N–H and O–H groups in total. The van der Waals surface area contributed by atoms with Gasteiger partial charge in [-0.15, -0.1) is 0 Å². The van der Waals surface area contributed by atoms with E-state index in [-0.39, 0.29) is 5.56 Å². The number of pyridine rings is 1. The molecule has 1 aromatic heterocycles. The van der Waals surface area contributed by atoms with Crippen molar-refractivity contribution in [2.75, 3.05) is 24.5 Å². The first kappa shape index (κ1) is 11.3. The molecule has 0 bridgehead atoms. The monoisotopic (exact) mass is 243 g/mol. The third kappa shape index (κ3) is 1.99. The molecule has 1 aliphatic heterocycles. The molecular weight excluding hydrogens is 226 g/mol. The summed E-state index contributed by atoms with van der Waals surface area (Å²) >= 11 is 0. The fourth-order valence-electron chi connectivity index (χ4n) is 2.59. The minimum absolute atomic E-state index is 0.0547. The van der Waals surface area contributed by atoms with Crippen LogP contribution in [0.4, 0.5) is 5.69 Å². The molecule has 94 valence electrons. The molecule has 1 aliphatic rings. The van der Waals surface area contributed by atoms with Gasteiger partial charge in [0, 0.05) is 24.8 Å². The maximum absolute atomic E-state index is 11.3. The van der Waals surface area contributed by atoms with Crippen molar-refractivity contribution in [3.63, 3.8) is 0 Å². The van der Waals surface area contributed by atoms with Crippen LogP contribution >= 0.6 is 0 Å². The van der Waals surface area contributed by atoms with Gasteiger partial charge in [0.1, 0.15) is 0 Å². The molecule has 3 rings (SSSR count). The Morgan fingerprint density at radius 2 is 2.17 bits per heavy atom. The quantitative estimate of drug-likeness (QED) is 0.836. The van der Waals surface area contributed by atoms with Gasteiger partial charge >= 0.3 is 0 Å². The predicted octanol–water partition coefficient (Wildman–Crippen LogP) is 1.31. The van der Waals surface area contributed by atoms with Crippen LogP contribution in [0.3, 0.4) is 0 Å². The molecule has 0 aliphatic carbocycles. The molecule has 0 radical (unpaired) electrons. The second-order valence-electron chi connectivity index (χ2n) is 4.93. The van der Waals surface area contributed by atoms with E-state index in [0.29, 0.717) is 5.92 Å². The van der Waals surface area contributed by atoms with Gasteiger partial charge in [-0.1, -0.05) is 6.07 Å². The zero-order valence-corrected chi connectivity index (χ0v) is 10.2. The van der Waals surface area contributed by atoms with E-state index in [1.807, 2.05) is 6.07 Å². The summed E-state index contributed by atoms with van der Waals surface area (Å²) in [5.74, 6) is 0.593. The van der Waals surface area contributed by atoms with Crippen LogP contribution in [-0.4, -0.2) is 24.6 Å². The van der Waals surface area contributed by atoms with Gasteiger partial charge in [-0.2, -0.15) is 0 Å². The largest absolute Gasteiger partial charge is 0.371 e. The van der Waals surface area contributed by atoms with E-state index in [2.05, 4.69) is 28.1 Å². The number of nitrogens with one attached hydrogen (secondary N) is 1. The van der Waals surface area contributed by atoms with Gasteiger partial charge in [0.05, 0.1) is 5.52 Å². The van der Waals surface area contributed by atoms with Crippen molar-refractivity contribution < 1.29 is 0 Å². The lowest BCUT2D eigenvalue weighted by Gasteiger charge is -2.18. The van der Waals surface area contributed by atoms with Crippen molar-refractivity contribution in [3.05, 3.63) is 40.7 Å². The number of aromatic nitrogens is 1. The molecular formula is C14H17N3O. The minimum atomic E-state index is -0.0547. The smallest absolute Gasteiger partial charge is 0.248 e. The molecule has 0 spiro atoms. The predicted molar refractivity (Wildman–Crippen MR) is 73.9 cm³/mol. The minimum Gasteiger partial charge on any atom is -0.371 e. The van der Waals surface area contributed by atoms with Crippen LogP contribution in [0.5, 0.6) is 0 Å². The maximum atomic E-state index is 11.3. The summed E-state index contributed by atoms with van der Waals surface area (Å²) in [5.41, 5.74) is 7.72. The summed E-state index contributed by atoms with van der Waals surface area (Å²) in [6.45, 7) is 2.81. The van der Waals surface area contributed by atoms with Crippen molar-refractivity contribution in [1.82, 2.24) is 4.98 Å². The molecule has 2 aromatic rings. The highest BCUT2D eigenvalue weighted by Gasteiger charge is 2.21. The van der Waals surface area contributed by atoms with Crippen LogP contribution in [0, 0.1) is 5.92 Å². The fraction of sp³-hybridized carbons (Fsp3) is 0.357. The average molecular weight is 243 g/mol. The topological polar surface area (TPSA) is 62.1 Å². The molecule has 1 saturated heterocycles. The van der Waals surface area contributed by atoms with E-state index in [4.69, 9.17) is 5.73 Å². The molecule has 1 atom stereocenters. The molecule has 0 amide bonds. The Balaban J connectivity index is 1.96. The molecule has 2 heterocycles. The fourth-order valence-corrected chi connectivity index (χ4v) is 2.59. The third-order valence-corrected chi connectivity index (χ3v) is 3.69. The van der Waals surface area contributed by atoms with Gasteiger partial charge in [-0.25, -0.2) is 0 Å². The number of nitrogens with zero attached hydrogens (tertiary/aromatic N) is 1. The van der Waals surface area contributed by atoms with Crippen molar-refractivity contribution in [2.45, 2.75) is 6.42 Å². The molecule has 18 heavy (non-hydrogen) atoms. The Labute approximate surface area is 105 Å². The Morgan fingerprint density at radius 1 is 1.33 bits per heavy atom. The first-order chi connectivity index (χ1) is 8.76. The lowest BCUT2D eigenvalue weighted by Crippen LogP contribution is -2.22. The van der Waals surface area contributed by atoms with Crippen LogP contribution in [0.1, 0.15) is 6.42 Å². The van der Waals surface area contributed by atoms with Crippen LogP contribution in [0.25, 0.3) is 10.9 Å². The molecule has 4 nitrogen and oxygen atoms in total. The normalized spacial score (nSPS) is 19.6. The van der Waals surface area contributed by atoms with E-state index in [1.165, 1.54) is 5.69 Å². The molecule has 1 unspecified atom stereocenters. The maximum Gasteiger partial charge on any atom is 0.248 e. The van der Waals surface area contributed by atoms with E-state index >= 15 is 0 Å². The highest BCUT2D eigenvalue weighted by molar-refractivity contribution is 5.82. The number of fused-ring (bicyclic) bond motifs is 1. The summed E-state index contributed by atoms with van der Waals surface area (Å²) in [6.07, 6.45) is 1.15. The second-order valence-corrected chi connectivity index (χ2v) is 4.93. The van der Waals surface area contributed by atoms with Crippen molar-refractivity contribution >= 4 is 16.6 Å². The van der Waals surface area contributed by atoms with Gasteiger partial charge in [-0.3, -0.25) is 4.79 Å². The first-order valence-corrected chi connectivity index (χ1v) is 6.34. The van der Waals surface area contributed by atoms with Gasteiger partial charge in [0.2, 0.25) is 5.56 Å². The number of anilines is 1. The Hall–Kier alpha value is -1.81. The van der Waals surface area contributed by atoms with E-state index in [9.17, 15) is 4.79 Å². The van der Waals surface area contributed by atoms with Gasteiger partial charge in [0.25, 0.3) is 0 Å². The van der Waals surface area contributed by atoms with Crippen LogP contribution in [0.15, 0.2) is 35.1 Å². The Bertz CT molecular complexity index is 620. The second kappa shape index (κ2) is 4.46. The molecule has 1 aromatic carbocycles. The molecule has 0 saturated carbocycles. The number of nitrogens with two attached hydrogens (primary N) is 1. The van der Waals surface area contributed by atoms with E-state index in [0.717, 1.165) is 37.0 Å². The number of H-pyrrole nitrogens is 1. The highest BCUT2D eigenvalue weighted by atomic mass is 16.1. The van der Waals surface area contributed by atoms with Gasteiger partial charge in [-0.05, 0) is 42.5 Å². The zero-order valence-electron chi connectivity index (χ0n) is 10.2. The average Bonchev–Trinajstić information content (AvgIpc) is 2.86. The van der Waals surface area contributed by atoms with Crippen LogP contribution < -0.4 is 16.2 Å². The van der Waals surface area contributed by atoms with Gasteiger partial charge < -0.3 is 15.6 Å². The Kier molecular flexibility index (Phi) is 2.80. The van der Waals surface area contributed by atoms with E-state index in [1.54, 1.807) is 6.07 Å². The lowest BCUT2D eigenvalue weighted by atomic mass is 10.1. The standard InChI is InChI=1S/C14H17N3O/c15-8-10-5-6-17(9-10)12-3-1-11-2-4-14(18)16-13(11)7-12/h1-4,7,10H,5-6,8-9,15H2,(H,16,18). The first-order valence-electron chi connectivity index (χ1n) is 6.34. The van der Waals surface area contributed by atoms with E-state index < -0.39 is 0 Å². The summed E-state index contributed by atoms with van der Waals surface area (Å²) in [7, 11) is 0. The lowest BCUT2D eigenvalue weighted by molar-refractivity contribution is 0.603. The molecule has 1 fully saturated rings. The summed E-state index contributed by atoms with van der Waals surface area (Å²) in [5, 5.41) is 1.06. The number of hydrogen-bond donors (Lipinski definition) is 2. The number of benzene rings is 1.